The quantitative estimate of drug-likeness (QED) is 0.373. The Kier molecular flexibility index (Phi) is 8.59. The first kappa shape index (κ1) is 32.0. The second-order valence-corrected chi connectivity index (χ2v) is 14.0. The molecular weight excluding hydrogens is 573 g/mol. The average Bonchev–Trinajstić information content (AvgIpc) is 3.19. The Morgan fingerprint density at radius 3 is 2.31 bits per heavy atom. The predicted molar refractivity (Wildman–Crippen MR) is 149 cm³/mol. The number of carbonyl (C=O) groups is 4. The molecule has 2 saturated carbocycles. The maximum absolute atomic E-state index is 14.0. The van der Waals surface area contributed by atoms with Crippen molar-refractivity contribution in [1.29, 1.82) is 5.26 Å². The summed E-state index contributed by atoms with van der Waals surface area (Å²) in [6.07, 6.45) is -2.34. The minimum Gasteiger partial charge on any atom is -0.360 e. The molecule has 2 aliphatic carbocycles. The number of thiocarbonyl (C=S) groups is 1. The van der Waals surface area contributed by atoms with Crippen molar-refractivity contribution in [2.75, 3.05) is 13.1 Å². The van der Waals surface area contributed by atoms with Gasteiger partial charge >= 0.3 is 12.1 Å². The van der Waals surface area contributed by atoms with Crippen LogP contribution in [-0.2, 0) is 19.2 Å². The summed E-state index contributed by atoms with van der Waals surface area (Å²) in [5.41, 5.74) is -0.754. The molecule has 10 nitrogen and oxygen atoms in total. The fourth-order valence-electron chi connectivity index (χ4n) is 6.54. The topological polar surface area (TPSA) is 135 Å². The molecule has 6 atom stereocenters. The molecule has 14 heteroatoms. The summed E-state index contributed by atoms with van der Waals surface area (Å²) in [6.45, 7) is 9.71. The van der Waals surface area contributed by atoms with E-state index in [0.717, 1.165) is 19.3 Å². The Balaban J connectivity index is 1.46. The van der Waals surface area contributed by atoms with E-state index in [4.69, 9.17) is 12.2 Å². The lowest BCUT2D eigenvalue weighted by molar-refractivity contribution is -0.186. The van der Waals surface area contributed by atoms with Crippen LogP contribution in [0, 0.1) is 39.9 Å². The number of carbonyl (C=O) groups excluding carboxylic acids is 4. The van der Waals surface area contributed by atoms with Gasteiger partial charge in [0.1, 0.15) is 18.1 Å². The lowest BCUT2D eigenvalue weighted by Crippen LogP contribution is -2.61. The number of alkyl halides is 3. The van der Waals surface area contributed by atoms with Crippen LogP contribution in [0.15, 0.2) is 0 Å². The van der Waals surface area contributed by atoms with Crippen LogP contribution in [0.25, 0.3) is 0 Å². The third-order valence-electron chi connectivity index (χ3n) is 9.39. The van der Waals surface area contributed by atoms with Crippen molar-refractivity contribution < 1.29 is 32.3 Å². The van der Waals surface area contributed by atoms with Crippen LogP contribution in [0.5, 0.6) is 0 Å². The zero-order valence-electron chi connectivity index (χ0n) is 24.5. The molecule has 4 rings (SSSR count). The molecule has 0 unspecified atom stereocenters. The number of nitrogens with one attached hydrogen (secondary N) is 3. The van der Waals surface area contributed by atoms with E-state index in [1.165, 1.54) is 0 Å². The van der Waals surface area contributed by atoms with Crippen LogP contribution in [0.2, 0.25) is 0 Å². The highest BCUT2D eigenvalue weighted by molar-refractivity contribution is 7.80. The Morgan fingerprint density at radius 1 is 1.14 bits per heavy atom. The first-order chi connectivity index (χ1) is 19.4. The monoisotopic (exact) mass is 612 g/mol. The number of hydrogen-bond donors (Lipinski definition) is 3. The van der Waals surface area contributed by atoms with Gasteiger partial charge in [0.05, 0.1) is 6.07 Å². The molecule has 232 valence electrons. The molecule has 2 aliphatic heterocycles. The molecule has 0 radical (unpaired) electrons. The van der Waals surface area contributed by atoms with Crippen molar-refractivity contribution in [1.82, 2.24) is 25.8 Å². The van der Waals surface area contributed by atoms with Crippen molar-refractivity contribution in [3.63, 3.8) is 0 Å². The van der Waals surface area contributed by atoms with Gasteiger partial charge in [-0.2, -0.15) is 18.4 Å². The van der Waals surface area contributed by atoms with E-state index in [9.17, 15) is 37.6 Å². The molecule has 0 spiro atoms. The van der Waals surface area contributed by atoms with E-state index in [1.54, 1.807) is 4.90 Å². The van der Waals surface area contributed by atoms with E-state index in [-0.39, 0.29) is 46.9 Å². The van der Waals surface area contributed by atoms with Gasteiger partial charge in [0, 0.05) is 25.0 Å². The van der Waals surface area contributed by atoms with Gasteiger partial charge in [0.2, 0.25) is 17.7 Å². The Morgan fingerprint density at radius 2 is 1.79 bits per heavy atom. The molecule has 0 bridgehead atoms. The fraction of sp³-hybridized carbons (Fsp3) is 0.786. The molecule has 3 N–H and O–H groups in total. The predicted octanol–water partition coefficient (Wildman–Crippen LogP) is 2.24. The van der Waals surface area contributed by atoms with Gasteiger partial charge in [0.15, 0.2) is 5.11 Å². The summed E-state index contributed by atoms with van der Waals surface area (Å²) in [6, 6.07) is -0.593. The van der Waals surface area contributed by atoms with Crippen molar-refractivity contribution in [3.05, 3.63) is 0 Å². The van der Waals surface area contributed by atoms with Crippen LogP contribution in [0.4, 0.5) is 13.2 Å². The standard InChI is InChI=1S/C28H39F3N6O4S/c1-26(2,3)20(35-25(42)34-15-7-6-8-15)23(40)37-13-17-18(27(17,4)5)19(37)21(38)33-16(12-32)11-14-9-10-36(22(14)39)24(41)28(29,30)31/h14-20H,6-11,13H2,1-5H3,(H,33,38)(H2,34,35,42)/t14-,16-,17-,18-,19-,20+/m0/s1. The highest BCUT2D eigenvalue weighted by Crippen LogP contribution is 2.65. The number of hydrogen-bond acceptors (Lipinski definition) is 6. The largest absolute Gasteiger partial charge is 0.471 e. The number of rotatable bonds is 7. The smallest absolute Gasteiger partial charge is 0.360 e. The summed E-state index contributed by atoms with van der Waals surface area (Å²) in [4.78, 5) is 53.5. The average molecular weight is 613 g/mol. The summed E-state index contributed by atoms with van der Waals surface area (Å²) < 4.78 is 38.6. The van der Waals surface area contributed by atoms with E-state index in [1.807, 2.05) is 40.7 Å². The van der Waals surface area contributed by atoms with Gasteiger partial charge in [0.25, 0.3) is 0 Å². The van der Waals surface area contributed by atoms with E-state index in [2.05, 4.69) is 16.0 Å². The third-order valence-corrected chi connectivity index (χ3v) is 9.62. The molecule has 4 fully saturated rings. The summed E-state index contributed by atoms with van der Waals surface area (Å²) >= 11 is 5.49. The number of nitriles is 1. The normalized spacial score (nSPS) is 28.2. The molecule has 2 heterocycles. The SMILES string of the molecule is CC(C)(C)[C@H](NC(=S)NC1CCC1)C(=O)N1C[C@H]2[C@@H]([C@H]1C(=O)N[C@H](C#N)C[C@@H]1CCN(C(=O)C(F)(F)F)C1=O)C2(C)C. The van der Waals surface area contributed by atoms with Gasteiger partial charge in [-0.1, -0.05) is 34.6 Å². The van der Waals surface area contributed by atoms with Crippen molar-refractivity contribution >= 4 is 41.0 Å². The zero-order valence-corrected chi connectivity index (χ0v) is 25.3. The molecule has 0 aromatic heterocycles. The number of piperidine rings is 1. The highest BCUT2D eigenvalue weighted by atomic mass is 32.1. The maximum Gasteiger partial charge on any atom is 0.471 e. The minimum absolute atomic E-state index is 0.0474. The van der Waals surface area contributed by atoms with Crippen LogP contribution in [0.1, 0.15) is 66.7 Å². The molecular formula is C28H39F3N6O4S. The number of amides is 4. The second-order valence-electron chi connectivity index (χ2n) is 13.6. The van der Waals surface area contributed by atoms with Crippen LogP contribution in [-0.4, -0.2) is 82.0 Å². The van der Waals surface area contributed by atoms with Gasteiger partial charge in [-0.15, -0.1) is 0 Å². The molecule has 0 aromatic carbocycles. The molecule has 42 heavy (non-hydrogen) atoms. The minimum atomic E-state index is -5.18. The number of fused-ring (bicyclic) bond motifs is 1. The molecule has 2 saturated heterocycles. The molecule has 4 aliphatic rings. The number of likely N-dealkylation sites (tertiary alicyclic amines) is 2. The van der Waals surface area contributed by atoms with E-state index < -0.39 is 59.9 Å². The zero-order chi connectivity index (χ0) is 31.4. The summed E-state index contributed by atoms with van der Waals surface area (Å²) in [5.74, 6) is -5.18. The molecule has 4 amide bonds. The van der Waals surface area contributed by atoms with Gasteiger partial charge in [-0.25, -0.2) is 0 Å². The highest BCUT2D eigenvalue weighted by Gasteiger charge is 2.69. The van der Waals surface area contributed by atoms with Gasteiger partial charge in [-0.05, 0) is 67.0 Å². The van der Waals surface area contributed by atoms with E-state index >= 15 is 0 Å². The number of halogens is 3. The van der Waals surface area contributed by atoms with Gasteiger partial charge in [-0.3, -0.25) is 24.1 Å². The fourth-order valence-corrected chi connectivity index (χ4v) is 6.82. The van der Waals surface area contributed by atoms with Gasteiger partial charge < -0.3 is 20.9 Å². The van der Waals surface area contributed by atoms with Crippen LogP contribution < -0.4 is 16.0 Å². The Labute approximate surface area is 249 Å². The Bertz CT molecular complexity index is 1190. The van der Waals surface area contributed by atoms with E-state index in [0.29, 0.717) is 11.7 Å². The lowest BCUT2D eigenvalue weighted by Gasteiger charge is -2.39. The van der Waals surface area contributed by atoms with Crippen LogP contribution >= 0.6 is 12.2 Å². The number of nitrogens with zero attached hydrogens (tertiary/aromatic N) is 3. The Hall–Kier alpha value is -2.95. The van der Waals surface area contributed by atoms with Crippen molar-refractivity contribution in [2.24, 2.45) is 28.6 Å². The maximum atomic E-state index is 14.0. The summed E-state index contributed by atoms with van der Waals surface area (Å²) in [7, 11) is 0. The van der Waals surface area contributed by atoms with Crippen molar-refractivity contribution in [2.45, 2.75) is 97.1 Å². The second kappa shape index (κ2) is 11.3. The summed E-state index contributed by atoms with van der Waals surface area (Å²) in [5, 5.41) is 19.2. The van der Waals surface area contributed by atoms with Crippen LogP contribution in [0.3, 0.4) is 0 Å². The first-order valence-electron chi connectivity index (χ1n) is 14.4. The van der Waals surface area contributed by atoms with Crippen molar-refractivity contribution in [3.8, 4) is 6.07 Å². The lowest BCUT2D eigenvalue weighted by atomic mass is 9.85. The third kappa shape index (κ3) is 6.21. The number of imide groups is 1. The first-order valence-corrected chi connectivity index (χ1v) is 14.8. The molecule has 0 aromatic rings.